The lowest BCUT2D eigenvalue weighted by atomic mass is 10.2. The summed E-state index contributed by atoms with van der Waals surface area (Å²) in [5, 5.41) is 3.18. The van der Waals surface area contributed by atoms with Crippen molar-refractivity contribution < 1.29 is 0 Å². The van der Waals surface area contributed by atoms with Crippen LogP contribution in [0.4, 0.5) is 11.9 Å². The number of rotatable bonds is 6. The Bertz CT molecular complexity index is 349. The second kappa shape index (κ2) is 6.49. The summed E-state index contributed by atoms with van der Waals surface area (Å²) in [6, 6.07) is 1.05. The average Bonchev–Trinajstić information content (AvgIpc) is 2.21. The highest BCUT2D eigenvalue weighted by atomic mass is 15.2. The molecular formula is C12H24N6. The molecule has 0 fully saturated rings. The molecule has 6 heteroatoms. The zero-order chi connectivity index (χ0) is 13.7. The number of aryl methyl sites for hydroxylation is 1. The van der Waals surface area contributed by atoms with Crippen LogP contribution >= 0.6 is 0 Å². The first-order valence-corrected chi connectivity index (χ1v) is 6.38. The zero-order valence-corrected chi connectivity index (χ0v) is 11.9. The lowest BCUT2D eigenvalue weighted by molar-refractivity contribution is 0.182. The van der Waals surface area contributed by atoms with Crippen LogP contribution in [0.2, 0.25) is 0 Å². The third-order valence-electron chi connectivity index (χ3n) is 2.74. The number of nitrogens with zero attached hydrogens (tertiary/aromatic N) is 4. The van der Waals surface area contributed by atoms with Gasteiger partial charge in [0.25, 0.3) is 0 Å². The van der Waals surface area contributed by atoms with Gasteiger partial charge in [-0.3, -0.25) is 4.90 Å². The Morgan fingerprint density at radius 3 is 2.22 bits per heavy atom. The van der Waals surface area contributed by atoms with E-state index in [9.17, 15) is 0 Å². The van der Waals surface area contributed by atoms with E-state index in [1.54, 1.807) is 6.92 Å². The molecule has 0 saturated heterocycles. The highest BCUT2D eigenvalue weighted by Gasteiger charge is 2.12. The molecular weight excluding hydrogens is 228 g/mol. The number of aromatic nitrogens is 3. The standard InChI is InChI=1S/C12H24N6/c1-8(2)18(9(3)4)7-6-14-12-16-10(5)15-11(13)17-12/h8-9H,6-7H2,1-5H3,(H3,13,14,15,16,17). The predicted octanol–water partition coefficient (Wildman–Crippen LogP) is 1.29. The fraction of sp³-hybridized carbons (Fsp3) is 0.750. The van der Waals surface area contributed by atoms with Crippen LogP contribution in [0.3, 0.4) is 0 Å². The number of anilines is 2. The van der Waals surface area contributed by atoms with Gasteiger partial charge in [-0.25, -0.2) is 0 Å². The van der Waals surface area contributed by atoms with Crippen LogP contribution in [-0.4, -0.2) is 45.0 Å². The van der Waals surface area contributed by atoms with Crippen LogP contribution < -0.4 is 11.1 Å². The van der Waals surface area contributed by atoms with E-state index in [0.717, 1.165) is 13.1 Å². The van der Waals surface area contributed by atoms with Gasteiger partial charge in [0.2, 0.25) is 11.9 Å². The Kier molecular flexibility index (Phi) is 5.27. The van der Waals surface area contributed by atoms with E-state index in [2.05, 4.69) is 52.9 Å². The molecule has 18 heavy (non-hydrogen) atoms. The SMILES string of the molecule is Cc1nc(N)nc(NCCN(C(C)C)C(C)C)n1. The van der Waals surface area contributed by atoms with Crippen molar-refractivity contribution >= 4 is 11.9 Å². The van der Waals surface area contributed by atoms with Crippen LogP contribution in [0.5, 0.6) is 0 Å². The van der Waals surface area contributed by atoms with Crippen LogP contribution in [0.1, 0.15) is 33.5 Å². The van der Waals surface area contributed by atoms with Gasteiger partial charge < -0.3 is 11.1 Å². The van der Waals surface area contributed by atoms with Crippen molar-refractivity contribution in [2.24, 2.45) is 0 Å². The second-order valence-electron chi connectivity index (χ2n) is 4.92. The molecule has 0 aliphatic carbocycles. The van der Waals surface area contributed by atoms with Crippen molar-refractivity contribution in [1.29, 1.82) is 0 Å². The maximum absolute atomic E-state index is 5.57. The summed E-state index contributed by atoms with van der Waals surface area (Å²) >= 11 is 0. The number of nitrogen functional groups attached to an aromatic ring is 1. The zero-order valence-electron chi connectivity index (χ0n) is 11.9. The molecule has 1 aromatic rings. The van der Waals surface area contributed by atoms with E-state index < -0.39 is 0 Å². The third kappa shape index (κ3) is 4.44. The first-order valence-electron chi connectivity index (χ1n) is 6.38. The molecule has 1 rings (SSSR count). The molecule has 102 valence electrons. The summed E-state index contributed by atoms with van der Waals surface area (Å²) in [5.41, 5.74) is 5.57. The van der Waals surface area contributed by atoms with Gasteiger partial charge in [-0.1, -0.05) is 0 Å². The van der Waals surface area contributed by atoms with E-state index in [1.165, 1.54) is 0 Å². The molecule has 0 amide bonds. The summed E-state index contributed by atoms with van der Waals surface area (Å²) in [7, 11) is 0. The first-order chi connectivity index (χ1) is 8.40. The molecule has 3 N–H and O–H groups in total. The van der Waals surface area contributed by atoms with Crippen molar-refractivity contribution in [3.63, 3.8) is 0 Å². The molecule has 0 atom stereocenters. The fourth-order valence-electron chi connectivity index (χ4n) is 1.99. The lowest BCUT2D eigenvalue weighted by Gasteiger charge is -2.30. The number of hydrogen-bond acceptors (Lipinski definition) is 6. The van der Waals surface area contributed by atoms with Crippen LogP contribution in [-0.2, 0) is 0 Å². The Hall–Kier alpha value is -1.43. The quantitative estimate of drug-likeness (QED) is 0.794. The molecule has 6 nitrogen and oxygen atoms in total. The minimum atomic E-state index is 0.259. The molecule has 1 heterocycles. The van der Waals surface area contributed by atoms with Gasteiger partial charge in [0.05, 0.1) is 0 Å². The van der Waals surface area contributed by atoms with Gasteiger partial charge in [0, 0.05) is 25.2 Å². The Balaban J connectivity index is 2.50. The molecule has 0 bridgehead atoms. The largest absolute Gasteiger partial charge is 0.368 e. The van der Waals surface area contributed by atoms with Crippen molar-refractivity contribution in [1.82, 2.24) is 19.9 Å². The summed E-state index contributed by atoms with van der Waals surface area (Å²) in [6.45, 7) is 12.3. The monoisotopic (exact) mass is 252 g/mol. The number of nitrogens with two attached hydrogens (primary N) is 1. The minimum Gasteiger partial charge on any atom is -0.368 e. The van der Waals surface area contributed by atoms with Crippen molar-refractivity contribution in [3.05, 3.63) is 5.82 Å². The van der Waals surface area contributed by atoms with Gasteiger partial charge in [-0.2, -0.15) is 15.0 Å². The van der Waals surface area contributed by atoms with Crippen molar-refractivity contribution in [2.45, 2.75) is 46.7 Å². The Labute approximate surface area is 109 Å². The maximum Gasteiger partial charge on any atom is 0.227 e. The van der Waals surface area contributed by atoms with Crippen molar-refractivity contribution in [2.75, 3.05) is 24.1 Å². The van der Waals surface area contributed by atoms with Crippen LogP contribution in [0, 0.1) is 6.92 Å². The summed E-state index contributed by atoms with van der Waals surface area (Å²) < 4.78 is 0. The molecule has 0 aliphatic heterocycles. The van der Waals surface area contributed by atoms with E-state index in [4.69, 9.17) is 5.73 Å². The van der Waals surface area contributed by atoms with Gasteiger partial charge in [-0.15, -0.1) is 0 Å². The molecule has 0 spiro atoms. The lowest BCUT2D eigenvalue weighted by Crippen LogP contribution is -2.40. The Morgan fingerprint density at radius 2 is 1.72 bits per heavy atom. The summed E-state index contributed by atoms with van der Waals surface area (Å²) in [5.74, 6) is 1.44. The molecule has 0 aromatic carbocycles. The molecule has 0 unspecified atom stereocenters. The van der Waals surface area contributed by atoms with Gasteiger partial charge in [-0.05, 0) is 34.6 Å². The number of nitrogens with one attached hydrogen (secondary N) is 1. The number of hydrogen-bond donors (Lipinski definition) is 2. The van der Waals surface area contributed by atoms with E-state index in [1.807, 2.05) is 0 Å². The highest BCUT2D eigenvalue weighted by molar-refractivity contribution is 5.30. The van der Waals surface area contributed by atoms with Crippen LogP contribution in [0.15, 0.2) is 0 Å². The fourth-order valence-corrected chi connectivity index (χ4v) is 1.99. The maximum atomic E-state index is 5.57. The smallest absolute Gasteiger partial charge is 0.227 e. The van der Waals surface area contributed by atoms with Gasteiger partial charge in [0.15, 0.2) is 0 Å². The molecule has 1 aromatic heterocycles. The van der Waals surface area contributed by atoms with Crippen LogP contribution in [0.25, 0.3) is 0 Å². The topological polar surface area (TPSA) is 80.0 Å². The van der Waals surface area contributed by atoms with E-state index in [0.29, 0.717) is 23.9 Å². The normalized spacial score (nSPS) is 11.6. The summed E-state index contributed by atoms with van der Waals surface area (Å²) in [6.07, 6.45) is 0. The summed E-state index contributed by atoms with van der Waals surface area (Å²) in [4.78, 5) is 14.6. The molecule has 0 aliphatic rings. The van der Waals surface area contributed by atoms with E-state index in [-0.39, 0.29) is 5.95 Å². The molecule has 0 radical (unpaired) electrons. The third-order valence-corrected chi connectivity index (χ3v) is 2.74. The highest BCUT2D eigenvalue weighted by Crippen LogP contribution is 2.05. The first kappa shape index (κ1) is 14.6. The average molecular weight is 252 g/mol. The van der Waals surface area contributed by atoms with E-state index >= 15 is 0 Å². The molecule has 0 saturated carbocycles. The minimum absolute atomic E-state index is 0.259. The second-order valence-corrected chi connectivity index (χ2v) is 4.92. The van der Waals surface area contributed by atoms with Gasteiger partial charge >= 0.3 is 0 Å². The van der Waals surface area contributed by atoms with Crippen molar-refractivity contribution in [3.8, 4) is 0 Å². The van der Waals surface area contributed by atoms with Gasteiger partial charge in [0.1, 0.15) is 5.82 Å². The predicted molar refractivity (Wildman–Crippen MR) is 74.4 cm³/mol. The Morgan fingerprint density at radius 1 is 1.11 bits per heavy atom.